The third kappa shape index (κ3) is 3.25. The Balaban J connectivity index is 1.78. The van der Waals surface area contributed by atoms with Crippen molar-refractivity contribution in [1.82, 2.24) is 9.55 Å². The first-order valence-corrected chi connectivity index (χ1v) is 7.10. The molecule has 1 N–H and O–H groups in total. The van der Waals surface area contributed by atoms with Gasteiger partial charge in [0.05, 0.1) is 12.2 Å². The van der Waals surface area contributed by atoms with Crippen LogP contribution in [0.2, 0.25) is 0 Å². The van der Waals surface area contributed by atoms with E-state index in [2.05, 4.69) is 16.5 Å². The Bertz CT molecular complexity index is 399. The molecule has 0 unspecified atom stereocenters. The molecule has 5 heteroatoms. The van der Waals surface area contributed by atoms with E-state index in [1.165, 1.54) is 0 Å². The fourth-order valence-corrected chi connectivity index (χ4v) is 3.35. The molecule has 1 aromatic heterocycles. The van der Waals surface area contributed by atoms with Crippen LogP contribution in [0.1, 0.15) is 32.0 Å². The van der Waals surface area contributed by atoms with Gasteiger partial charge in [-0.3, -0.25) is 4.79 Å². The standard InChI is InChI=1S/C12H18N2O2S/c1-2-14-6-5-13-10(14)8-17-9-12(3-4-12)7-11(15)16/h5-6H,2-4,7-9H2,1H3,(H,15,16). The summed E-state index contributed by atoms with van der Waals surface area (Å²) in [5.41, 5.74) is 0.0835. The lowest BCUT2D eigenvalue weighted by Crippen LogP contribution is -2.11. The predicted octanol–water partition coefficient (Wildman–Crippen LogP) is 2.39. The van der Waals surface area contributed by atoms with Crippen molar-refractivity contribution in [2.24, 2.45) is 5.41 Å². The van der Waals surface area contributed by atoms with Gasteiger partial charge >= 0.3 is 5.97 Å². The third-order valence-electron chi connectivity index (χ3n) is 3.27. The van der Waals surface area contributed by atoms with Crippen molar-refractivity contribution in [1.29, 1.82) is 0 Å². The van der Waals surface area contributed by atoms with Crippen LogP contribution in [0.3, 0.4) is 0 Å². The largest absolute Gasteiger partial charge is 0.481 e. The smallest absolute Gasteiger partial charge is 0.303 e. The summed E-state index contributed by atoms with van der Waals surface area (Å²) in [6.45, 7) is 3.04. The molecule has 0 aromatic carbocycles. The normalized spacial score (nSPS) is 17.0. The van der Waals surface area contributed by atoms with E-state index in [0.717, 1.165) is 36.7 Å². The molecule has 1 aliphatic carbocycles. The van der Waals surface area contributed by atoms with E-state index in [-0.39, 0.29) is 5.41 Å². The highest BCUT2D eigenvalue weighted by atomic mass is 32.2. The zero-order valence-corrected chi connectivity index (χ0v) is 10.9. The molecule has 4 nitrogen and oxygen atoms in total. The second-order valence-electron chi connectivity index (χ2n) is 4.69. The minimum Gasteiger partial charge on any atom is -0.481 e. The number of carbonyl (C=O) groups is 1. The maximum absolute atomic E-state index is 10.7. The van der Waals surface area contributed by atoms with Gasteiger partial charge in [-0.2, -0.15) is 11.8 Å². The van der Waals surface area contributed by atoms with E-state index >= 15 is 0 Å². The van der Waals surface area contributed by atoms with Crippen molar-refractivity contribution in [3.05, 3.63) is 18.2 Å². The molecular formula is C12H18N2O2S. The first kappa shape index (κ1) is 12.5. The van der Waals surface area contributed by atoms with E-state index in [4.69, 9.17) is 5.11 Å². The number of nitrogens with zero attached hydrogens (tertiary/aromatic N) is 2. The van der Waals surface area contributed by atoms with Crippen molar-refractivity contribution >= 4 is 17.7 Å². The van der Waals surface area contributed by atoms with Gasteiger partial charge in [0.15, 0.2) is 0 Å². The van der Waals surface area contributed by atoms with Crippen molar-refractivity contribution < 1.29 is 9.90 Å². The molecule has 1 heterocycles. The molecule has 0 spiro atoms. The third-order valence-corrected chi connectivity index (χ3v) is 4.54. The lowest BCUT2D eigenvalue weighted by atomic mass is 10.1. The second-order valence-corrected chi connectivity index (χ2v) is 5.68. The van der Waals surface area contributed by atoms with E-state index < -0.39 is 5.97 Å². The van der Waals surface area contributed by atoms with Gasteiger partial charge < -0.3 is 9.67 Å². The van der Waals surface area contributed by atoms with E-state index in [1.807, 2.05) is 12.4 Å². The summed E-state index contributed by atoms with van der Waals surface area (Å²) in [7, 11) is 0. The van der Waals surface area contributed by atoms with Crippen LogP contribution in [0.15, 0.2) is 12.4 Å². The quantitative estimate of drug-likeness (QED) is 0.811. The molecule has 0 bridgehead atoms. The zero-order chi connectivity index (χ0) is 12.3. The lowest BCUT2D eigenvalue weighted by Gasteiger charge is -2.11. The number of aromatic nitrogens is 2. The van der Waals surface area contributed by atoms with Crippen LogP contribution in [0, 0.1) is 5.41 Å². The molecule has 0 radical (unpaired) electrons. The number of aliphatic carboxylic acids is 1. The van der Waals surface area contributed by atoms with Crippen LogP contribution >= 0.6 is 11.8 Å². The lowest BCUT2D eigenvalue weighted by molar-refractivity contribution is -0.138. The van der Waals surface area contributed by atoms with Crippen LogP contribution < -0.4 is 0 Å². The SMILES string of the molecule is CCn1ccnc1CSCC1(CC(=O)O)CC1. The highest BCUT2D eigenvalue weighted by Gasteiger charge is 2.44. The average molecular weight is 254 g/mol. The van der Waals surface area contributed by atoms with Crippen LogP contribution in [0.4, 0.5) is 0 Å². The molecule has 1 fully saturated rings. The fraction of sp³-hybridized carbons (Fsp3) is 0.667. The Morgan fingerprint density at radius 2 is 2.41 bits per heavy atom. The monoisotopic (exact) mass is 254 g/mol. The van der Waals surface area contributed by atoms with Gasteiger partial charge in [0.1, 0.15) is 5.82 Å². The number of aryl methyl sites for hydroxylation is 1. The Morgan fingerprint density at radius 3 is 3.00 bits per heavy atom. The Labute approximate surface area is 105 Å². The number of carboxylic acid groups (broad SMARTS) is 1. The summed E-state index contributed by atoms with van der Waals surface area (Å²) in [6.07, 6.45) is 6.26. The molecule has 1 aromatic rings. The fourth-order valence-electron chi connectivity index (χ4n) is 2.00. The number of hydrogen-bond acceptors (Lipinski definition) is 3. The average Bonchev–Trinajstić information content (AvgIpc) is 2.88. The number of thioether (sulfide) groups is 1. The Kier molecular flexibility index (Phi) is 3.76. The topological polar surface area (TPSA) is 55.1 Å². The molecule has 1 saturated carbocycles. The van der Waals surface area contributed by atoms with Crippen molar-refractivity contribution in [2.75, 3.05) is 5.75 Å². The summed E-state index contributed by atoms with van der Waals surface area (Å²) in [5.74, 6) is 2.24. The molecule has 0 atom stereocenters. The summed E-state index contributed by atoms with van der Waals surface area (Å²) in [4.78, 5) is 15.0. The van der Waals surface area contributed by atoms with Crippen molar-refractivity contribution in [2.45, 2.75) is 38.5 Å². The number of carboxylic acids is 1. The molecule has 17 heavy (non-hydrogen) atoms. The van der Waals surface area contributed by atoms with Gasteiger partial charge in [0, 0.05) is 18.9 Å². The van der Waals surface area contributed by atoms with Gasteiger partial charge in [-0.1, -0.05) is 0 Å². The van der Waals surface area contributed by atoms with Crippen LogP contribution in [0.5, 0.6) is 0 Å². The zero-order valence-electron chi connectivity index (χ0n) is 10.1. The molecule has 0 saturated heterocycles. The first-order valence-electron chi connectivity index (χ1n) is 5.95. The summed E-state index contributed by atoms with van der Waals surface area (Å²) >= 11 is 1.81. The predicted molar refractivity (Wildman–Crippen MR) is 68.0 cm³/mol. The number of imidazole rings is 1. The first-order chi connectivity index (χ1) is 8.15. The maximum atomic E-state index is 10.7. The van der Waals surface area contributed by atoms with Gasteiger partial charge in [-0.25, -0.2) is 4.98 Å². The van der Waals surface area contributed by atoms with Gasteiger partial charge in [-0.15, -0.1) is 0 Å². The highest BCUT2D eigenvalue weighted by Crippen LogP contribution is 2.51. The summed E-state index contributed by atoms with van der Waals surface area (Å²) in [6, 6.07) is 0. The Hall–Kier alpha value is -0.970. The Morgan fingerprint density at radius 1 is 1.65 bits per heavy atom. The molecule has 0 aliphatic heterocycles. The van der Waals surface area contributed by atoms with Gasteiger partial charge in [-0.05, 0) is 30.9 Å². The number of rotatable bonds is 7. The van der Waals surface area contributed by atoms with Crippen molar-refractivity contribution in [3.8, 4) is 0 Å². The van der Waals surface area contributed by atoms with Crippen molar-refractivity contribution in [3.63, 3.8) is 0 Å². The number of hydrogen-bond donors (Lipinski definition) is 1. The van der Waals surface area contributed by atoms with Crippen LogP contribution in [-0.4, -0.2) is 26.4 Å². The van der Waals surface area contributed by atoms with Crippen LogP contribution in [0.25, 0.3) is 0 Å². The molecule has 1 aliphatic rings. The second kappa shape index (κ2) is 5.12. The van der Waals surface area contributed by atoms with E-state index in [9.17, 15) is 4.79 Å². The van der Waals surface area contributed by atoms with Crippen LogP contribution in [-0.2, 0) is 17.1 Å². The summed E-state index contributed by atoms with van der Waals surface area (Å²) < 4.78 is 2.13. The minimum absolute atomic E-state index is 0.0835. The molecule has 2 rings (SSSR count). The maximum Gasteiger partial charge on any atom is 0.303 e. The van der Waals surface area contributed by atoms with Gasteiger partial charge in [0.2, 0.25) is 0 Å². The minimum atomic E-state index is -0.668. The molecule has 94 valence electrons. The van der Waals surface area contributed by atoms with E-state index in [0.29, 0.717) is 6.42 Å². The van der Waals surface area contributed by atoms with Gasteiger partial charge in [0.25, 0.3) is 0 Å². The van der Waals surface area contributed by atoms with E-state index in [1.54, 1.807) is 11.8 Å². The highest BCUT2D eigenvalue weighted by molar-refractivity contribution is 7.98. The molecule has 0 amide bonds. The molecular weight excluding hydrogens is 236 g/mol. The summed E-state index contributed by atoms with van der Waals surface area (Å²) in [5, 5.41) is 8.83.